The Morgan fingerprint density at radius 1 is 0.821 bits per heavy atom. The SMILES string of the molecule is Nc1ncccc1C(=O)NCc1ccc(Cc2ccc3ccccc3c2)cc1. The molecule has 0 unspecified atom stereocenters. The van der Waals surface area contributed by atoms with Gasteiger partial charge in [0.25, 0.3) is 5.91 Å². The second-order valence-corrected chi connectivity index (χ2v) is 6.79. The summed E-state index contributed by atoms with van der Waals surface area (Å²) in [5.41, 5.74) is 9.71. The van der Waals surface area contributed by atoms with Gasteiger partial charge in [0.2, 0.25) is 0 Å². The molecule has 4 aromatic rings. The van der Waals surface area contributed by atoms with Crippen molar-refractivity contribution in [3.05, 3.63) is 107 Å². The third-order valence-electron chi connectivity index (χ3n) is 4.78. The van der Waals surface area contributed by atoms with Gasteiger partial charge < -0.3 is 11.1 Å². The van der Waals surface area contributed by atoms with Crippen LogP contribution in [-0.4, -0.2) is 10.9 Å². The fourth-order valence-electron chi connectivity index (χ4n) is 3.25. The minimum absolute atomic E-state index is 0.217. The molecule has 0 aliphatic carbocycles. The van der Waals surface area contributed by atoms with Crippen LogP contribution < -0.4 is 11.1 Å². The average Bonchev–Trinajstić information content (AvgIpc) is 2.73. The molecule has 0 bridgehead atoms. The maximum Gasteiger partial charge on any atom is 0.255 e. The standard InChI is InChI=1S/C24H21N3O/c25-23-22(6-3-13-26-23)24(28)27-16-18-9-7-17(8-10-18)14-19-11-12-20-4-1-2-5-21(20)15-19/h1-13,15H,14,16H2,(H2,25,26)(H,27,28). The van der Waals surface area contributed by atoms with E-state index in [0.29, 0.717) is 12.1 Å². The van der Waals surface area contributed by atoms with Crippen LogP contribution in [0.25, 0.3) is 10.8 Å². The van der Waals surface area contributed by atoms with Gasteiger partial charge in [0.05, 0.1) is 5.56 Å². The van der Waals surface area contributed by atoms with Gasteiger partial charge in [0.1, 0.15) is 5.82 Å². The minimum atomic E-state index is -0.217. The molecule has 0 radical (unpaired) electrons. The summed E-state index contributed by atoms with van der Waals surface area (Å²) in [5.74, 6) is 0.0246. The number of fused-ring (bicyclic) bond motifs is 1. The third-order valence-corrected chi connectivity index (χ3v) is 4.78. The number of anilines is 1. The van der Waals surface area contributed by atoms with E-state index in [9.17, 15) is 4.79 Å². The van der Waals surface area contributed by atoms with Gasteiger partial charge in [-0.25, -0.2) is 4.98 Å². The number of rotatable bonds is 5. The van der Waals surface area contributed by atoms with Gasteiger partial charge in [-0.05, 0) is 46.0 Å². The summed E-state index contributed by atoms with van der Waals surface area (Å²) in [4.78, 5) is 16.2. The maximum atomic E-state index is 12.2. The van der Waals surface area contributed by atoms with E-state index in [1.54, 1.807) is 18.3 Å². The van der Waals surface area contributed by atoms with Crippen LogP contribution in [0.15, 0.2) is 85.1 Å². The molecule has 3 aromatic carbocycles. The van der Waals surface area contributed by atoms with E-state index in [-0.39, 0.29) is 11.7 Å². The molecule has 0 aliphatic rings. The number of amides is 1. The third kappa shape index (κ3) is 4.01. The molecule has 0 saturated carbocycles. The fraction of sp³-hybridized carbons (Fsp3) is 0.0833. The van der Waals surface area contributed by atoms with Gasteiger partial charge in [-0.2, -0.15) is 0 Å². The Morgan fingerprint density at radius 2 is 1.54 bits per heavy atom. The highest BCUT2D eigenvalue weighted by Gasteiger charge is 2.09. The van der Waals surface area contributed by atoms with Crippen LogP contribution in [0.3, 0.4) is 0 Å². The molecule has 3 N–H and O–H groups in total. The van der Waals surface area contributed by atoms with E-state index in [2.05, 4.69) is 64.9 Å². The molecule has 138 valence electrons. The molecule has 1 aromatic heterocycles. The van der Waals surface area contributed by atoms with E-state index < -0.39 is 0 Å². The first-order valence-corrected chi connectivity index (χ1v) is 9.23. The predicted octanol–water partition coefficient (Wildman–Crippen LogP) is 4.34. The lowest BCUT2D eigenvalue weighted by Crippen LogP contribution is -2.24. The number of nitrogens with two attached hydrogens (primary N) is 1. The Labute approximate surface area is 164 Å². The zero-order valence-corrected chi connectivity index (χ0v) is 15.4. The van der Waals surface area contributed by atoms with Gasteiger partial charge in [0.15, 0.2) is 0 Å². The number of nitrogens with zero attached hydrogens (tertiary/aromatic N) is 1. The average molecular weight is 367 g/mol. The normalized spacial score (nSPS) is 10.7. The predicted molar refractivity (Wildman–Crippen MR) is 113 cm³/mol. The first-order valence-electron chi connectivity index (χ1n) is 9.23. The van der Waals surface area contributed by atoms with Crippen LogP contribution in [-0.2, 0) is 13.0 Å². The molecular weight excluding hydrogens is 346 g/mol. The van der Waals surface area contributed by atoms with Crippen LogP contribution in [0.5, 0.6) is 0 Å². The molecule has 0 spiro atoms. The van der Waals surface area contributed by atoms with Gasteiger partial charge in [-0.3, -0.25) is 4.79 Å². The number of hydrogen-bond acceptors (Lipinski definition) is 3. The number of benzene rings is 3. The van der Waals surface area contributed by atoms with Gasteiger partial charge in [-0.15, -0.1) is 0 Å². The summed E-state index contributed by atoms with van der Waals surface area (Å²) in [6.07, 6.45) is 2.45. The van der Waals surface area contributed by atoms with E-state index in [1.165, 1.54) is 21.9 Å². The molecule has 1 amide bonds. The van der Waals surface area contributed by atoms with Gasteiger partial charge in [0, 0.05) is 12.7 Å². The highest BCUT2D eigenvalue weighted by atomic mass is 16.1. The summed E-state index contributed by atoms with van der Waals surface area (Å²) >= 11 is 0. The van der Waals surface area contributed by atoms with Crippen molar-refractivity contribution in [2.75, 3.05) is 5.73 Å². The zero-order valence-electron chi connectivity index (χ0n) is 15.4. The van der Waals surface area contributed by atoms with Crippen molar-refractivity contribution in [2.24, 2.45) is 0 Å². The Morgan fingerprint density at radius 3 is 2.32 bits per heavy atom. The molecular formula is C24H21N3O. The molecule has 4 heteroatoms. The van der Waals surface area contributed by atoms with Crippen LogP contribution in [0, 0.1) is 0 Å². The molecule has 0 atom stereocenters. The highest BCUT2D eigenvalue weighted by Crippen LogP contribution is 2.18. The second kappa shape index (κ2) is 7.92. The van der Waals surface area contributed by atoms with Gasteiger partial charge in [-0.1, -0.05) is 66.7 Å². The van der Waals surface area contributed by atoms with E-state index in [4.69, 9.17) is 5.73 Å². The number of aromatic nitrogens is 1. The summed E-state index contributed by atoms with van der Waals surface area (Å²) in [6, 6.07) is 26.6. The van der Waals surface area contributed by atoms with Crippen LogP contribution >= 0.6 is 0 Å². The largest absolute Gasteiger partial charge is 0.383 e. The van der Waals surface area contributed by atoms with Crippen LogP contribution in [0.2, 0.25) is 0 Å². The molecule has 28 heavy (non-hydrogen) atoms. The Balaban J connectivity index is 1.39. The van der Waals surface area contributed by atoms with E-state index in [0.717, 1.165) is 12.0 Å². The molecule has 4 rings (SSSR count). The Kier molecular flexibility index (Phi) is 5.02. The quantitative estimate of drug-likeness (QED) is 0.551. The van der Waals surface area contributed by atoms with Crippen molar-refractivity contribution in [2.45, 2.75) is 13.0 Å². The lowest BCUT2D eigenvalue weighted by Gasteiger charge is -2.08. The highest BCUT2D eigenvalue weighted by molar-refractivity contribution is 5.98. The maximum absolute atomic E-state index is 12.2. The van der Waals surface area contributed by atoms with Crippen molar-refractivity contribution < 1.29 is 4.79 Å². The number of pyridine rings is 1. The number of carbonyl (C=O) groups is 1. The van der Waals surface area contributed by atoms with Crippen molar-refractivity contribution in [1.29, 1.82) is 0 Å². The summed E-state index contributed by atoms with van der Waals surface area (Å²) < 4.78 is 0. The monoisotopic (exact) mass is 367 g/mol. The van der Waals surface area contributed by atoms with Gasteiger partial charge >= 0.3 is 0 Å². The van der Waals surface area contributed by atoms with E-state index >= 15 is 0 Å². The smallest absolute Gasteiger partial charge is 0.255 e. The minimum Gasteiger partial charge on any atom is -0.383 e. The fourth-order valence-corrected chi connectivity index (χ4v) is 3.25. The first kappa shape index (κ1) is 17.7. The number of carbonyl (C=O) groups excluding carboxylic acids is 1. The second-order valence-electron chi connectivity index (χ2n) is 6.79. The van der Waals surface area contributed by atoms with E-state index in [1.807, 2.05) is 12.1 Å². The lowest BCUT2D eigenvalue weighted by atomic mass is 10.0. The number of nitrogens with one attached hydrogen (secondary N) is 1. The molecule has 0 saturated heterocycles. The molecule has 1 heterocycles. The summed E-state index contributed by atoms with van der Waals surface area (Å²) in [7, 11) is 0. The molecule has 0 aliphatic heterocycles. The van der Waals surface area contributed by atoms with Crippen molar-refractivity contribution in [1.82, 2.24) is 10.3 Å². The summed E-state index contributed by atoms with van der Waals surface area (Å²) in [6.45, 7) is 0.448. The Bertz CT molecular complexity index is 1120. The summed E-state index contributed by atoms with van der Waals surface area (Å²) in [5, 5.41) is 5.40. The first-order chi connectivity index (χ1) is 13.7. The van der Waals surface area contributed by atoms with Crippen molar-refractivity contribution in [3.63, 3.8) is 0 Å². The lowest BCUT2D eigenvalue weighted by molar-refractivity contribution is 0.0951. The van der Waals surface area contributed by atoms with Crippen molar-refractivity contribution in [3.8, 4) is 0 Å². The molecule has 0 fully saturated rings. The number of nitrogen functional groups attached to an aromatic ring is 1. The van der Waals surface area contributed by atoms with Crippen molar-refractivity contribution >= 4 is 22.5 Å². The Hall–Kier alpha value is -3.66. The molecule has 4 nitrogen and oxygen atoms in total. The van der Waals surface area contributed by atoms with Crippen LogP contribution in [0.1, 0.15) is 27.0 Å². The van der Waals surface area contributed by atoms with Crippen LogP contribution in [0.4, 0.5) is 5.82 Å². The zero-order chi connectivity index (χ0) is 19.3. The number of hydrogen-bond donors (Lipinski definition) is 2. The topological polar surface area (TPSA) is 68.0 Å².